The van der Waals surface area contributed by atoms with E-state index in [1.54, 1.807) is 32.2 Å². The second kappa shape index (κ2) is 16.2. The predicted octanol–water partition coefficient (Wildman–Crippen LogP) is 6.43. The van der Waals surface area contributed by atoms with E-state index in [4.69, 9.17) is 32.4 Å². The lowest BCUT2D eigenvalue weighted by molar-refractivity contribution is -0.122. The highest BCUT2D eigenvalue weighted by Gasteiger charge is 2.50. The summed E-state index contributed by atoms with van der Waals surface area (Å²) in [5.74, 6) is -1.39. The van der Waals surface area contributed by atoms with Gasteiger partial charge in [-0.25, -0.2) is 9.78 Å². The predicted molar refractivity (Wildman–Crippen MR) is 195 cm³/mol. The van der Waals surface area contributed by atoms with Crippen molar-refractivity contribution in [1.82, 2.24) is 10.3 Å². The van der Waals surface area contributed by atoms with Crippen LogP contribution in [0.25, 0.3) is 6.08 Å². The molecule has 4 rings (SSSR count). The molecule has 0 spiro atoms. The SMILES string of the molecule is CCOC(=O)c1ccc(C=CC(=O)NCC(=O)N(C)c2ccc(Cl)c(CO[Si](c3ccccc3)(c3ccccc3)C(C)(C)C)c2Cl)cn1. The van der Waals surface area contributed by atoms with E-state index in [0.717, 1.165) is 10.4 Å². The highest BCUT2D eigenvalue weighted by molar-refractivity contribution is 6.99. The molecule has 0 fully saturated rings. The second-order valence-corrected chi connectivity index (χ2v) is 17.1. The van der Waals surface area contributed by atoms with Gasteiger partial charge in [-0.05, 0) is 52.2 Å². The zero-order valence-corrected chi connectivity index (χ0v) is 30.1. The zero-order valence-electron chi connectivity index (χ0n) is 27.6. The third-order valence-corrected chi connectivity index (χ3v) is 13.6. The van der Waals surface area contributed by atoms with Crippen LogP contribution in [0.2, 0.25) is 15.1 Å². The highest BCUT2D eigenvalue weighted by atomic mass is 35.5. The van der Waals surface area contributed by atoms with Crippen LogP contribution in [0.5, 0.6) is 0 Å². The minimum Gasteiger partial charge on any atom is -0.461 e. The van der Waals surface area contributed by atoms with Crippen molar-refractivity contribution in [2.75, 3.05) is 25.1 Å². The van der Waals surface area contributed by atoms with E-state index >= 15 is 0 Å². The summed E-state index contributed by atoms with van der Waals surface area (Å²) < 4.78 is 12.0. The lowest BCUT2D eigenvalue weighted by atomic mass is 10.2. The smallest absolute Gasteiger partial charge is 0.356 e. The second-order valence-electron chi connectivity index (χ2n) is 12.0. The summed E-state index contributed by atoms with van der Waals surface area (Å²) in [6, 6.07) is 27.0. The Morgan fingerprint density at radius 2 is 1.54 bits per heavy atom. The molecule has 3 aromatic carbocycles. The van der Waals surface area contributed by atoms with Gasteiger partial charge in [-0.2, -0.15) is 0 Å². The van der Waals surface area contributed by atoms with Crippen molar-refractivity contribution >= 4 is 71.4 Å². The number of esters is 1. The molecule has 0 unspecified atom stereocenters. The van der Waals surface area contributed by atoms with Crippen molar-refractivity contribution in [2.24, 2.45) is 0 Å². The largest absolute Gasteiger partial charge is 0.461 e. The Balaban J connectivity index is 1.49. The summed E-state index contributed by atoms with van der Waals surface area (Å²) in [6.45, 7) is 8.38. The van der Waals surface area contributed by atoms with Crippen LogP contribution in [0.4, 0.5) is 5.69 Å². The van der Waals surface area contributed by atoms with Gasteiger partial charge in [0.2, 0.25) is 11.8 Å². The van der Waals surface area contributed by atoms with Gasteiger partial charge in [0.05, 0.1) is 30.5 Å². The number of nitrogens with zero attached hydrogens (tertiary/aromatic N) is 2. The van der Waals surface area contributed by atoms with E-state index in [0.29, 0.717) is 26.9 Å². The van der Waals surface area contributed by atoms with Crippen LogP contribution in [0.15, 0.2) is 97.2 Å². The first-order chi connectivity index (χ1) is 22.9. The summed E-state index contributed by atoms with van der Waals surface area (Å²) >= 11 is 13.6. The zero-order chi connectivity index (χ0) is 34.9. The summed E-state index contributed by atoms with van der Waals surface area (Å²) in [5, 5.41) is 5.29. The molecule has 0 aliphatic carbocycles. The fourth-order valence-corrected chi connectivity index (χ4v) is 10.5. The molecule has 0 saturated heterocycles. The van der Waals surface area contributed by atoms with Gasteiger partial charge < -0.3 is 19.4 Å². The van der Waals surface area contributed by atoms with Crippen molar-refractivity contribution in [3.63, 3.8) is 0 Å². The van der Waals surface area contributed by atoms with Gasteiger partial charge in [0.25, 0.3) is 8.32 Å². The van der Waals surface area contributed by atoms with Crippen molar-refractivity contribution < 1.29 is 23.5 Å². The number of aromatic nitrogens is 1. The van der Waals surface area contributed by atoms with Crippen LogP contribution in [0.1, 0.15) is 49.3 Å². The number of nitrogens with one attached hydrogen (secondary N) is 1. The molecule has 0 saturated carbocycles. The van der Waals surface area contributed by atoms with Crippen LogP contribution in [0, 0.1) is 0 Å². The van der Waals surface area contributed by atoms with E-state index in [1.807, 2.05) is 36.4 Å². The number of hydrogen-bond donors (Lipinski definition) is 1. The third kappa shape index (κ3) is 8.40. The van der Waals surface area contributed by atoms with Gasteiger partial charge in [-0.1, -0.05) is 111 Å². The minimum atomic E-state index is -2.89. The maximum absolute atomic E-state index is 13.2. The van der Waals surface area contributed by atoms with Gasteiger partial charge in [-0.3, -0.25) is 9.59 Å². The van der Waals surface area contributed by atoms with E-state index < -0.39 is 20.2 Å². The Kier molecular flexibility index (Phi) is 12.3. The van der Waals surface area contributed by atoms with Gasteiger partial charge in [0.1, 0.15) is 5.69 Å². The number of anilines is 1. The normalized spacial score (nSPS) is 11.7. The monoisotopic (exact) mass is 703 g/mol. The van der Waals surface area contributed by atoms with Gasteiger partial charge >= 0.3 is 5.97 Å². The summed E-state index contributed by atoms with van der Waals surface area (Å²) in [7, 11) is -1.30. The Morgan fingerprint density at radius 1 is 0.917 bits per heavy atom. The number of carbonyl (C=O) groups is 3. The molecular formula is C37H39Cl2N3O5Si. The van der Waals surface area contributed by atoms with Crippen molar-refractivity contribution in [3.8, 4) is 0 Å². The van der Waals surface area contributed by atoms with Crippen molar-refractivity contribution in [2.45, 2.75) is 39.3 Å². The number of pyridine rings is 1. The molecule has 48 heavy (non-hydrogen) atoms. The van der Waals surface area contributed by atoms with Crippen molar-refractivity contribution in [1.29, 1.82) is 0 Å². The Morgan fingerprint density at radius 3 is 2.08 bits per heavy atom. The molecule has 0 bridgehead atoms. The summed E-state index contributed by atoms with van der Waals surface area (Å²) in [4.78, 5) is 42.9. The Bertz CT molecular complexity index is 1720. The fourth-order valence-electron chi connectivity index (χ4n) is 5.39. The molecule has 1 heterocycles. The lowest BCUT2D eigenvalue weighted by Crippen LogP contribution is -2.66. The van der Waals surface area contributed by atoms with Crippen LogP contribution in [0.3, 0.4) is 0 Å². The first-order valence-corrected chi connectivity index (χ1v) is 18.1. The van der Waals surface area contributed by atoms with Crippen LogP contribution < -0.4 is 20.6 Å². The average molecular weight is 705 g/mol. The number of rotatable bonds is 12. The number of carbonyl (C=O) groups excluding carboxylic acids is 3. The quantitative estimate of drug-likeness (QED) is 0.104. The average Bonchev–Trinajstić information content (AvgIpc) is 3.08. The third-order valence-electron chi connectivity index (χ3n) is 7.86. The van der Waals surface area contributed by atoms with Crippen LogP contribution in [-0.2, 0) is 25.4 Å². The number of ether oxygens (including phenoxy) is 1. The van der Waals surface area contributed by atoms with Crippen molar-refractivity contribution in [3.05, 3.63) is 124 Å². The number of benzene rings is 3. The number of amides is 2. The standard InChI is InChI=1S/C37H39Cl2N3O5Si/c1-6-46-36(45)31-20-17-26(23-40-31)18-22-33(43)41-24-34(44)42(5)32-21-19-30(38)29(35(32)39)25-47-48(37(2,3)4,27-13-9-7-10-14-27)28-15-11-8-12-16-28/h7-23H,6,24-25H2,1-5H3,(H,41,43). The number of hydrogen-bond acceptors (Lipinski definition) is 6. The molecule has 0 atom stereocenters. The van der Waals surface area contributed by atoms with E-state index in [-0.39, 0.29) is 36.4 Å². The molecule has 4 aromatic rings. The maximum atomic E-state index is 13.2. The molecule has 1 aromatic heterocycles. The van der Waals surface area contributed by atoms with Crippen LogP contribution >= 0.6 is 23.2 Å². The maximum Gasteiger partial charge on any atom is 0.356 e. The molecule has 0 aliphatic heterocycles. The van der Waals surface area contributed by atoms with Gasteiger partial charge in [0, 0.05) is 29.9 Å². The van der Waals surface area contributed by atoms with Gasteiger partial charge in [0.15, 0.2) is 0 Å². The molecule has 0 radical (unpaired) electrons. The minimum absolute atomic E-state index is 0.123. The number of halogens is 2. The molecule has 0 aliphatic rings. The fraction of sp³-hybridized carbons (Fsp3) is 0.243. The van der Waals surface area contributed by atoms with Gasteiger partial charge in [-0.15, -0.1) is 0 Å². The summed E-state index contributed by atoms with van der Waals surface area (Å²) in [6.07, 6.45) is 4.26. The summed E-state index contributed by atoms with van der Waals surface area (Å²) in [5.41, 5.74) is 1.77. The van der Waals surface area contributed by atoms with E-state index in [9.17, 15) is 14.4 Å². The molecular weight excluding hydrogens is 665 g/mol. The molecule has 11 heteroatoms. The molecule has 250 valence electrons. The van der Waals surface area contributed by atoms with E-state index in [2.05, 4.69) is 55.3 Å². The first kappa shape index (κ1) is 36.6. The van der Waals surface area contributed by atoms with Crippen LogP contribution in [-0.4, -0.2) is 51.3 Å². The highest BCUT2D eigenvalue weighted by Crippen LogP contribution is 2.40. The first-order valence-electron chi connectivity index (χ1n) is 15.5. The Hall–Kier alpha value is -4.28. The molecule has 1 N–H and O–H groups in total. The Labute approximate surface area is 292 Å². The molecule has 2 amide bonds. The topological polar surface area (TPSA) is 97.8 Å². The lowest BCUT2D eigenvalue weighted by Gasteiger charge is -2.43. The van der Waals surface area contributed by atoms with E-state index in [1.165, 1.54) is 29.3 Å². The molecule has 8 nitrogen and oxygen atoms in total. The number of likely N-dealkylation sites (N-methyl/N-ethyl adjacent to an activating group) is 1.